The zero-order valence-corrected chi connectivity index (χ0v) is 14.3. The van der Waals surface area contributed by atoms with Crippen LogP contribution in [0.15, 0.2) is 6.20 Å². The standard InChI is InChI=1S/C19H21N2O4/c1-4-6-7-8-9-18(22)24-13-16-11-15(3)21-12-17(16)14-25-19(23)20-10-5-2/h1-2,12H,6-10,13-14H2,3H3,(H,20,23). The summed E-state index contributed by atoms with van der Waals surface area (Å²) in [5.41, 5.74) is 1.89. The second kappa shape index (κ2) is 11.5. The molecule has 6 nitrogen and oxygen atoms in total. The summed E-state index contributed by atoms with van der Waals surface area (Å²) in [5, 5.41) is 2.39. The molecule has 1 aromatic heterocycles. The molecule has 1 rings (SSSR count). The molecule has 0 saturated carbocycles. The predicted octanol–water partition coefficient (Wildman–Crippen LogP) is 2.29. The quantitative estimate of drug-likeness (QED) is 0.424. The first-order valence-electron chi connectivity index (χ1n) is 7.86. The number of unbranched alkanes of at least 4 members (excludes halogenated alkanes) is 2. The van der Waals surface area contributed by atoms with Crippen LogP contribution in [-0.4, -0.2) is 23.6 Å². The molecule has 0 fully saturated rings. The first kappa shape index (κ1) is 20.1. The number of hydrogen-bond donors (Lipinski definition) is 1. The van der Waals surface area contributed by atoms with Crippen LogP contribution < -0.4 is 5.32 Å². The van der Waals surface area contributed by atoms with Gasteiger partial charge in [-0.2, -0.15) is 0 Å². The second-order valence-electron chi connectivity index (χ2n) is 5.18. The van der Waals surface area contributed by atoms with Crippen LogP contribution in [0.25, 0.3) is 0 Å². The summed E-state index contributed by atoms with van der Waals surface area (Å²) in [5.74, 6) is 4.49. The number of esters is 1. The summed E-state index contributed by atoms with van der Waals surface area (Å²) in [7, 11) is 0. The van der Waals surface area contributed by atoms with Gasteiger partial charge < -0.3 is 14.8 Å². The van der Waals surface area contributed by atoms with Gasteiger partial charge in [0.05, 0.1) is 6.54 Å². The van der Waals surface area contributed by atoms with Gasteiger partial charge in [-0.05, 0) is 19.8 Å². The maximum absolute atomic E-state index is 11.7. The number of carbonyl (C=O) groups is 2. The Labute approximate surface area is 148 Å². The van der Waals surface area contributed by atoms with Crippen molar-refractivity contribution < 1.29 is 19.1 Å². The average Bonchev–Trinajstić information content (AvgIpc) is 2.61. The average molecular weight is 341 g/mol. The van der Waals surface area contributed by atoms with Crippen molar-refractivity contribution in [2.75, 3.05) is 6.54 Å². The van der Waals surface area contributed by atoms with Crippen molar-refractivity contribution >= 4 is 12.1 Å². The number of amides is 1. The Hall–Kier alpha value is -2.99. The lowest BCUT2D eigenvalue weighted by Crippen LogP contribution is -2.24. The van der Waals surface area contributed by atoms with E-state index in [1.54, 1.807) is 13.1 Å². The van der Waals surface area contributed by atoms with Crippen LogP contribution in [0.1, 0.15) is 42.5 Å². The number of nitrogens with one attached hydrogen (secondary N) is 1. The SMILES string of the molecule is C#CCCCCC(=O)OCc1[c]c(C)ncc1COC(=O)NCC#C. The van der Waals surface area contributed by atoms with Crippen LogP contribution in [0.5, 0.6) is 0 Å². The number of aromatic nitrogens is 1. The molecule has 0 aromatic carbocycles. The maximum atomic E-state index is 11.7. The van der Waals surface area contributed by atoms with Gasteiger partial charge in [-0.15, -0.1) is 18.8 Å². The van der Waals surface area contributed by atoms with Gasteiger partial charge in [0, 0.05) is 41.9 Å². The molecule has 0 saturated heterocycles. The fourth-order valence-electron chi connectivity index (χ4n) is 1.88. The highest BCUT2D eigenvalue weighted by Crippen LogP contribution is 2.13. The number of rotatable bonds is 9. The van der Waals surface area contributed by atoms with Crippen molar-refractivity contribution in [2.45, 2.75) is 45.8 Å². The summed E-state index contributed by atoms with van der Waals surface area (Å²) in [6, 6.07) is 3.02. The molecule has 1 amide bonds. The molecule has 0 aliphatic heterocycles. The zero-order valence-electron chi connectivity index (χ0n) is 14.3. The summed E-state index contributed by atoms with van der Waals surface area (Å²) in [6.07, 6.45) is 13.6. The molecule has 0 aliphatic carbocycles. The van der Waals surface area contributed by atoms with E-state index < -0.39 is 6.09 Å². The van der Waals surface area contributed by atoms with E-state index in [2.05, 4.69) is 28.2 Å². The molecular weight excluding hydrogens is 320 g/mol. The van der Waals surface area contributed by atoms with E-state index in [-0.39, 0.29) is 25.7 Å². The van der Waals surface area contributed by atoms with Gasteiger partial charge in [-0.1, -0.05) is 5.92 Å². The van der Waals surface area contributed by atoms with Crippen molar-refractivity contribution in [2.24, 2.45) is 0 Å². The number of terminal acetylenes is 2. The minimum absolute atomic E-state index is 0.0186. The first-order chi connectivity index (χ1) is 12.1. The molecule has 1 aromatic rings. The van der Waals surface area contributed by atoms with Crippen molar-refractivity contribution in [3.05, 3.63) is 29.1 Å². The van der Waals surface area contributed by atoms with Crippen LogP contribution in [0.2, 0.25) is 0 Å². The lowest BCUT2D eigenvalue weighted by Gasteiger charge is -2.11. The third-order valence-electron chi connectivity index (χ3n) is 3.16. The lowest BCUT2D eigenvalue weighted by molar-refractivity contribution is -0.145. The van der Waals surface area contributed by atoms with Gasteiger partial charge >= 0.3 is 12.1 Å². The Morgan fingerprint density at radius 1 is 1.24 bits per heavy atom. The molecule has 0 unspecified atom stereocenters. The Bertz CT molecular complexity index is 671. The number of nitrogens with zero attached hydrogens (tertiary/aromatic N) is 1. The fourth-order valence-corrected chi connectivity index (χ4v) is 1.88. The molecule has 0 spiro atoms. The van der Waals surface area contributed by atoms with E-state index >= 15 is 0 Å². The minimum atomic E-state index is -0.630. The topological polar surface area (TPSA) is 77.5 Å². The molecule has 1 N–H and O–H groups in total. The number of aryl methyl sites for hydroxylation is 1. The smallest absolute Gasteiger partial charge is 0.408 e. The van der Waals surface area contributed by atoms with Gasteiger partial charge in [0.15, 0.2) is 0 Å². The molecule has 1 radical (unpaired) electrons. The van der Waals surface area contributed by atoms with Crippen LogP contribution in [0, 0.1) is 37.7 Å². The highest BCUT2D eigenvalue weighted by atomic mass is 16.5. The Morgan fingerprint density at radius 3 is 2.76 bits per heavy atom. The number of alkyl carbamates (subject to hydrolysis) is 1. The molecule has 1 heterocycles. The number of pyridine rings is 1. The highest BCUT2D eigenvalue weighted by Gasteiger charge is 2.10. The molecule has 0 bridgehead atoms. The monoisotopic (exact) mass is 341 g/mol. The third-order valence-corrected chi connectivity index (χ3v) is 3.16. The van der Waals surface area contributed by atoms with Crippen molar-refractivity contribution in [3.63, 3.8) is 0 Å². The maximum Gasteiger partial charge on any atom is 0.408 e. The normalized spacial score (nSPS) is 9.56. The van der Waals surface area contributed by atoms with Gasteiger partial charge in [-0.3, -0.25) is 9.78 Å². The third kappa shape index (κ3) is 8.43. The van der Waals surface area contributed by atoms with Gasteiger partial charge in [-0.25, -0.2) is 4.79 Å². The number of hydrogen-bond acceptors (Lipinski definition) is 5. The van der Waals surface area contributed by atoms with Gasteiger partial charge in [0.2, 0.25) is 0 Å². The number of ether oxygens (including phenoxy) is 2. The van der Waals surface area contributed by atoms with E-state index in [4.69, 9.17) is 22.3 Å². The van der Waals surface area contributed by atoms with Crippen LogP contribution in [0.3, 0.4) is 0 Å². The van der Waals surface area contributed by atoms with Crippen molar-refractivity contribution in [1.29, 1.82) is 0 Å². The highest BCUT2D eigenvalue weighted by molar-refractivity contribution is 5.69. The van der Waals surface area contributed by atoms with Crippen molar-refractivity contribution in [3.8, 4) is 24.7 Å². The lowest BCUT2D eigenvalue weighted by atomic mass is 10.1. The van der Waals surface area contributed by atoms with Crippen molar-refractivity contribution in [1.82, 2.24) is 10.3 Å². The number of carbonyl (C=O) groups excluding carboxylic acids is 2. The van der Waals surface area contributed by atoms with Crippen LogP contribution in [0.4, 0.5) is 4.79 Å². The Kier molecular flexibility index (Phi) is 9.25. The zero-order chi connectivity index (χ0) is 18.5. The molecule has 25 heavy (non-hydrogen) atoms. The predicted molar refractivity (Wildman–Crippen MR) is 91.9 cm³/mol. The first-order valence-corrected chi connectivity index (χ1v) is 7.86. The Morgan fingerprint density at radius 2 is 2.04 bits per heavy atom. The molecule has 0 aliphatic rings. The van der Waals surface area contributed by atoms with Crippen LogP contribution >= 0.6 is 0 Å². The van der Waals surface area contributed by atoms with E-state index in [1.807, 2.05) is 0 Å². The summed E-state index contributed by atoms with van der Waals surface area (Å²) >= 11 is 0. The van der Waals surface area contributed by atoms with Gasteiger partial charge in [0.25, 0.3) is 0 Å². The summed E-state index contributed by atoms with van der Waals surface area (Å²) in [4.78, 5) is 27.3. The van der Waals surface area contributed by atoms with E-state index in [9.17, 15) is 9.59 Å². The molecular formula is C19H21N2O4. The Balaban J connectivity index is 2.53. The molecule has 6 heteroatoms. The minimum Gasteiger partial charge on any atom is -0.461 e. The van der Waals surface area contributed by atoms with Crippen LogP contribution in [-0.2, 0) is 27.5 Å². The van der Waals surface area contributed by atoms with E-state index in [0.717, 1.165) is 6.42 Å². The van der Waals surface area contributed by atoms with E-state index in [0.29, 0.717) is 36.1 Å². The molecule has 0 atom stereocenters. The summed E-state index contributed by atoms with van der Waals surface area (Å²) in [6.45, 7) is 1.88. The second-order valence-corrected chi connectivity index (χ2v) is 5.18. The fraction of sp³-hybridized carbons (Fsp3) is 0.421. The molecule has 131 valence electrons. The van der Waals surface area contributed by atoms with E-state index in [1.165, 1.54) is 0 Å². The summed E-state index contributed by atoms with van der Waals surface area (Å²) < 4.78 is 10.3. The largest absolute Gasteiger partial charge is 0.461 e. The van der Waals surface area contributed by atoms with Gasteiger partial charge in [0.1, 0.15) is 13.2 Å².